The molecule has 0 spiro atoms. The molecule has 0 unspecified atom stereocenters. The molecule has 0 aromatic carbocycles. The van der Waals surface area contributed by atoms with Crippen LogP contribution in [0.5, 0.6) is 0 Å². The van der Waals surface area contributed by atoms with Crippen LogP contribution in [0, 0.1) is 18.5 Å². The van der Waals surface area contributed by atoms with Crippen LogP contribution < -0.4 is 0 Å². The number of methoxy groups -OCH3 is 1. The molecule has 0 aliphatic rings. The van der Waals surface area contributed by atoms with Crippen molar-refractivity contribution in [2.45, 2.75) is 13.8 Å². The number of hydrogen-bond donors (Lipinski definition) is 1. The van der Waals surface area contributed by atoms with Crippen LogP contribution in [0.4, 0.5) is 0 Å². The molecule has 0 atom stereocenters. The van der Waals surface area contributed by atoms with Crippen molar-refractivity contribution >= 4 is 18.2 Å². The summed E-state index contributed by atoms with van der Waals surface area (Å²) in [5, 5.41) is 0. The zero-order valence-corrected chi connectivity index (χ0v) is 8.49. The van der Waals surface area contributed by atoms with E-state index >= 15 is 0 Å². The number of carbonyl (C=O) groups excluding carboxylic acids is 1. The molecule has 1 N–H and O–H groups in total. The highest BCUT2D eigenvalue weighted by molar-refractivity contribution is 7.71. The van der Waals surface area contributed by atoms with Crippen LogP contribution in [-0.4, -0.2) is 23.0 Å². The van der Waals surface area contributed by atoms with Crippen molar-refractivity contribution in [3.63, 3.8) is 0 Å². The molecule has 4 nitrogen and oxygen atoms in total. The van der Waals surface area contributed by atoms with Crippen LogP contribution in [0.15, 0.2) is 0 Å². The number of H-pyrrole nitrogens is 1. The van der Waals surface area contributed by atoms with Gasteiger partial charge in [-0.3, -0.25) is 0 Å². The van der Waals surface area contributed by atoms with Gasteiger partial charge in [-0.2, -0.15) is 0 Å². The van der Waals surface area contributed by atoms with Crippen LogP contribution in [0.25, 0.3) is 0 Å². The Morgan fingerprint density at radius 1 is 1.54 bits per heavy atom. The van der Waals surface area contributed by atoms with E-state index in [1.54, 1.807) is 0 Å². The molecule has 1 rings (SSSR count). The second-order valence-electron chi connectivity index (χ2n) is 2.63. The fourth-order valence-corrected chi connectivity index (χ4v) is 1.08. The third-order valence-corrected chi connectivity index (χ3v) is 2.18. The number of nitrogens with one attached hydrogen (secondary N) is 1. The summed E-state index contributed by atoms with van der Waals surface area (Å²) < 4.78 is 4.93. The SMILES string of the molecule is COC(=O)c1nc(=S)c(C)c(C)[nH]1. The van der Waals surface area contributed by atoms with Crippen molar-refractivity contribution in [3.05, 3.63) is 21.7 Å². The number of nitrogens with zero attached hydrogens (tertiary/aromatic N) is 1. The van der Waals surface area contributed by atoms with Gasteiger partial charge in [0, 0.05) is 11.3 Å². The van der Waals surface area contributed by atoms with Crippen molar-refractivity contribution in [2.24, 2.45) is 0 Å². The maximum Gasteiger partial charge on any atom is 0.374 e. The smallest absolute Gasteiger partial charge is 0.374 e. The summed E-state index contributed by atoms with van der Waals surface area (Å²) in [4.78, 5) is 17.8. The predicted molar refractivity (Wildman–Crippen MR) is 50.2 cm³/mol. The maximum absolute atomic E-state index is 11.1. The summed E-state index contributed by atoms with van der Waals surface area (Å²) in [7, 11) is 1.30. The highest BCUT2D eigenvalue weighted by Gasteiger charge is 2.09. The quantitative estimate of drug-likeness (QED) is 0.549. The number of esters is 1. The lowest BCUT2D eigenvalue weighted by Gasteiger charge is -2.03. The average molecular weight is 198 g/mol. The highest BCUT2D eigenvalue weighted by Crippen LogP contribution is 2.05. The lowest BCUT2D eigenvalue weighted by molar-refractivity contribution is 0.0586. The summed E-state index contributed by atoms with van der Waals surface area (Å²) in [6.45, 7) is 3.68. The Hall–Kier alpha value is -1.23. The van der Waals surface area contributed by atoms with E-state index in [1.165, 1.54) is 7.11 Å². The van der Waals surface area contributed by atoms with Crippen molar-refractivity contribution < 1.29 is 9.53 Å². The summed E-state index contributed by atoms with van der Waals surface area (Å²) in [6, 6.07) is 0. The lowest BCUT2D eigenvalue weighted by atomic mass is 10.3. The van der Waals surface area contributed by atoms with Crippen LogP contribution in [0.3, 0.4) is 0 Å². The average Bonchev–Trinajstić information content (AvgIpc) is 2.12. The summed E-state index contributed by atoms with van der Waals surface area (Å²) >= 11 is 4.96. The third kappa shape index (κ3) is 1.92. The Bertz CT molecular complexity index is 398. The van der Waals surface area contributed by atoms with Crippen LogP contribution in [0.1, 0.15) is 21.9 Å². The summed E-state index contributed by atoms with van der Waals surface area (Å²) in [5.74, 6) is -0.357. The molecule has 0 saturated heterocycles. The molecular weight excluding hydrogens is 188 g/mol. The number of ether oxygens (including phenoxy) is 1. The molecule has 0 fully saturated rings. The first-order chi connectivity index (χ1) is 6.06. The van der Waals surface area contributed by atoms with Gasteiger partial charge in [-0.15, -0.1) is 0 Å². The summed E-state index contributed by atoms with van der Waals surface area (Å²) in [6.07, 6.45) is 0. The van der Waals surface area contributed by atoms with Gasteiger partial charge >= 0.3 is 5.97 Å². The number of aromatic amines is 1. The number of rotatable bonds is 1. The zero-order valence-electron chi connectivity index (χ0n) is 7.67. The minimum atomic E-state index is -0.505. The maximum atomic E-state index is 11.1. The van der Waals surface area contributed by atoms with E-state index in [2.05, 4.69) is 14.7 Å². The van der Waals surface area contributed by atoms with Gasteiger partial charge in [-0.1, -0.05) is 12.2 Å². The number of aromatic nitrogens is 2. The van der Waals surface area contributed by atoms with Gasteiger partial charge in [0.2, 0.25) is 5.82 Å². The van der Waals surface area contributed by atoms with Crippen LogP contribution in [-0.2, 0) is 4.74 Å². The van der Waals surface area contributed by atoms with E-state index in [4.69, 9.17) is 12.2 Å². The molecular formula is C8H10N2O2S. The first-order valence-electron chi connectivity index (χ1n) is 3.72. The largest absolute Gasteiger partial charge is 0.463 e. The molecule has 1 aromatic rings. The number of carbonyl (C=O) groups is 1. The Labute approximate surface area is 81.0 Å². The first-order valence-corrected chi connectivity index (χ1v) is 4.13. The fraction of sp³-hybridized carbons (Fsp3) is 0.375. The van der Waals surface area contributed by atoms with E-state index in [-0.39, 0.29) is 5.82 Å². The van der Waals surface area contributed by atoms with Gasteiger partial charge in [-0.05, 0) is 13.8 Å². The molecule has 1 aromatic heterocycles. The molecule has 0 aliphatic carbocycles. The zero-order chi connectivity index (χ0) is 10.0. The number of hydrogen-bond acceptors (Lipinski definition) is 4. The van der Waals surface area contributed by atoms with Crippen molar-refractivity contribution in [1.82, 2.24) is 9.97 Å². The number of aryl methyl sites for hydroxylation is 1. The topological polar surface area (TPSA) is 55.0 Å². The van der Waals surface area contributed by atoms with E-state index in [1.807, 2.05) is 13.8 Å². The van der Waals surface area contributed by atoms with Crippen molar-refractivity contribution in [1.29, 1.82) is 0 Å². The lowest BCUT2D eigenvalue weighted by Crippen LogP contribution is -2.09. The Morgan fingerprint density at radius 3 is 2.62 bits per heavy atom. The van der Waals surface area contributed by atoms with E-state index in [9.17, 15) is 4.79 Å². The second-order valence-corrected chi connectivity index (χ2v) is 3.02. The second kappa shape index (κ2) is 3.66. The van der Waals surface area contributed by atoms with E-state index in [0.717, 1.165) is 11.3 Å². The standard InChI is InChI=1S/C8H10N2O2S/c1-4-5(2)9-6(8(11)12-3)10-7(4)13/h1-3H3,(H,9,10,13). The third-order valence-electron chi connectivity index (χ3n) is 1.78. The molecule has 0 radical (unpaired) electrons. The molecule has 5 heteroatoms. The van der Waals surface area contributed by atoms with Gasteiger partial charge in [0.05, 0.1) is 7.11 Å². The molecule has 1 heterocycles. The van der Waals surface area contributed by atoms with E-state index < -0.39 is 5.97 Å². The van der Waals surface area contributed by atoms with Gasteiger partial charge in [0.15, 0.2) is 0 Å². The Kier molecular flexibility index (Phi) is 2.77. The molecule has 0 saturated carbocycles. The Morgan fingerprint density at radius 2 is 2.15 bits per heavy atom. The summed E-state index contributed by atoms with van der Waals surface area (Å²) in [5.41, 5.74) is 1.71. The monoisotopic (exact) mass is 198 g/mol. The molecule has 70 valence electrons. The fourth-order valence-electron chi connectivity index (χ4n) is 0.838. The molecule has 0 bridgehead atoms. The van der Waals surface area contributed by atoms with Crippen molar-refractivity contribution in [3.8, 4) is 0 Å². The van der Waals surface area contributed by atoms with Crippen LogP contribution >= 0.6 is 12.2 Å². The van der Waals surface area contributed by atoms with Crippen molar-refractivity contribution in [2.75, 3.05) is 7.11 Å². The minimum absolute atomic E-state index is 0.149. The first kappa shape index (κ1) is 9.85. The minimum Gasteiger partial charge on any atom is -0.463 e. The highest BCUT2D eigenvalue weighted by atomic mass is 32.1. The molecule has 0 amide bonds. The van der Waals surface area contributed by atoms with Gasteiger partial charge in [0.25, 0.3) is 0 Å². The van der Waals surface area contributed by atoms with Gasteiger partial charge < -0.3 is 9.72 Å². The van der Waals surface area contributed by atoms with Gasteiger partial charge in [-0.25, -0.2) is 9.78 Å². The normalized spacial score (nSPS) is 9.77. The van der Waals surface area contributed by atoms with E-state index in [0.29, 0.717) is 4.64 Å². The molecule has 13 heavy (non-hydrogen) atoms. The van der Waals surface area contributed by atoms with Crippen LogP contribution in [0.2, 0.25) is 0 Å². The van der Waals surface area contributed by atoms with Gasteiger partial charge in [0.1, 0.15) is 4.64 Å². The Balaban J connectivity index is 3.29. The molecule has 0 aliphatic heterocycles. The predicted octanol–water partition coefficient (Wildman–Crippen LogP) is 1.54.